The lowest BCUT2D eigenvalue weighted by Crippen LogP contribution is -2.54. The minimum absolute atomic E-state index is 0.155. The van der Waals surface area contributed by atoms with Crippen LogP contribution in [0.2, 0.25) is 0 Å². The summed E-state index contributed by atoms with van der Waals surface area (Å²) in [5.41, 5.74) is 2.02. The lowest BCUT2D eigenvalue weighted by Gasteiger charge is -2.36. The largest absolute Gasteiger partial charge is 0.352 e. The lowest BCUT2D eigenvalue weighted by atomic mass is 9.69. The van der Waals surface area contributed by atoms with Crippen molar-refractivity contribution in [2.24, 2.45) is 5.92 Å². The van der Waals surface area contributed by atoms with Gasteiger partial charge >= 0.3 is 0 Å². The number of halogens is 3. The highest BCUT2D eigenvalue weighted by Gasteiger charge is 2.40. The van der Waals surface area contributed by atoms with Crippen LogP contribution in [0.5, 0.6) is 0 Å². The van der Waals surface area contributed by atoms with E-state index in [0.717, 1.165) is 6.07 Å². The molecular formula is C24H20F3N3O3. The third-order valence-corrected chi connectivity index (χ3v) is 6.47. The number of aromatic amines is 1. The molecule has 2 fully saturated rings. The van der Waals surface area contributed by atoms with Crippen molar-refractivity contribution in [3.63, 3.8) is 0 Å². The number of H-pyrrole nitrogens is 1. The Morgan fingerprint density at radius 3 is 2.42 bits per heavy atom. The molecule has 5 rings (SSSR count). The molecule has 3 aromatic rings. The van der Waals surface area contributed by atoms with Gasteiger partial charge in [0.2, 0.25) is 17.7 Å². The van der Waals surface area contributed by atoms with Crippen molar-refractivity contribution in [3.05, 3.63) is 59.4 Å². The minimum Gasteiger partial charge on any atom is -0.352 e. The molecule has 1 unspecified atom stereocenters. The van der Waals surface area contributed by atoms with E-state index in [2.05, 4.69) is 15.6 Å². The maximum atomic E-state index is 14.5. The zero-order chi connectivity index (χ0) is 23.3. The highest BCUT2D eigenvalue weighted by molar-refractivity contribution is 6.02. The maximum Gasteiger partial charge on any atom is 0.249 e. The van der Waals surface area contributed by atoms with Crippen molar-refractivity contribution in [1.29, 1.82) is 0 Å². The fourth-order valence-electron chi connectivity index (χ4n) is 4.70. The van der Waals surface area contributed by atoms with E-state index in [1.165, 1.54) is 18.2 Å². The highest BCUT2D eigenvalue weighted by atomic mass is 19.1. The van der Waals surface area contributed by atoms with Crippen molar-refractivity contribution in [3.8, 4) is 11.3 Å². The summed E-state index contributed by atoms with van der Waals surface area (Å²) in [5.74, 6) is -3.55. The van der Waals surface area contributed by atoms with Gasteiger partial charge in [-0.2, -0.15) is 0 Å². The first-order valence-corrected chi connectivity index (χ1v) is 10.7. The van der Waals surface area contributed by atoms with E-state index in [0.29, 0.717) is 35.0 Å². The van der Waals surface area contributed by atoms with Gasteiger partial charge in [0, 0.05) is 23.8 Å². The SMILES string of the molecule is O=C1CCC(NC(=O)C2CC(c3c(-c4ccc(F)cc4)[nH]c4c(F)cc(F)cc34)C2)C(=O)N1. The van der Waals surface area contributed by atoms with Crippen LogP contribution in [0, 0.1) is 23.4 Å². The van der Waals surface area contributed by atoms with Crippen LogP contribution in [-0.2, 0) is 14.4 Å². The summed E-state index contributed by atoms with van der Waals surface area (Å²) in [4.78, 5) is 38.9. The van der Waals surface area contributed by atoms with Gasteiger partial charge in [-0.15, -0.1) is 0 Å². The smallest absolute Gasteiger partial charge is 0.249 e. The van der Waals surface area contributed by atoms with Gasteiger partial charge in [0.1, 0.15) is 23.5 Å². The maximum absolute atomic E-state index is 14.5. The molecule has 1 aliphatic carbocycles. The van der Waals surface area contributed by atoms with Crippen molar-refractivity contribution < 1.29 is 27.6 Å². The standard InChI is InChI=1S/C24H20F3N3O3/c25-14-3-1-11(2-4-14)21-20(16-9-15(26)10-17(27)22(16)30-21)12-7-13(8-12)23(32)28-18-5-6-19(31)29-24(18)33/h1-4,9-10,12-13,18,30H,5-8H2,(H,28,32)(H,29,31,33). The van der Waals surface area contributed by atoms with Crippen LogP contribution >= 0.6 is 0 Å². The summed E-state index contributed by atoms with van der Waals surface area (Å²) in [6.07, 6.45) is 1.27. The third kappa shape index (κ3) is 3.88. The summed E-state index contributed by atoms with van der Waals surface area (Å²) >= 11 is 0. The molecule has 1 atom stereocenters. The fourth-order valence-corrected chi connectivity index (χ4v) is 4.70. The number of hydrogen-bond donors (Lipinski definition) is 3. The molecule has 1 saturated carbocycles. The average Bonchev–Trinajstić information content (AvgIpc) is 3.09. The predicted molar refractivity (Wildman–Crippen MR) is 113 cm³/mol. The van der Waals surface area contributed by atoms with Crippen LogP contribution in [-0.4, -0.2) is 28.7 Å². The molecule has 6 nitrogen and oxygen atoms in total. The van der Waals surface area contributed by atoms with Crippen molar-refractivity contribution in [1.82, 2.24) is 15.6 Å². The van der Waals surface area contributed by atoms with Crippen LogP contribution in [0.1, 0.15) is 37.2 Å². The number of hydrogen-bond acceptors (Lipinski definition) is 3. The van der Waals surface area contributed by atoms with Gasteiger partial charge in [-0.05, 0) is 66.6 Å². The Balaban J connectivity index is 1.40. The lowest BCUT2D eigenvalue weighted by molar-refractivity contribution is -0.139. The van der Waals surface area contributed by atoms with Crippen LogP contribution in [0.3, 0.4) is 0 Å². The molecule has 3 N–H and O–H groups in total. The molecule has 9 heteroatoms. The zero-order valence-electron chi connectivity index (χ0n) is 17.4. The van der Waals surface area contributed by atoms with Gasteiger partial charge in [0.25, 0.3) is 0 Å². The summed E-state index contributed by atoms with van der Waals surface area (Å²) in [5, 5.41) is 5.29. The van der Waals surface area contributed by atoms with E-state index in [4.69, 9.17) is 0 Å². The number of benzene rings is 2. The van der Waals surface area contributed by atoms with Gasteiger partial charge < -0.3 is 10.3 Å². The fraction of sp³-hybridized carbons (Fsp3) is 0.292. The molecule has 170 valence electrons. The minimum atomic E-state index is -0.750. The number of aromatic nitrogens is 1. The van der Waals surface area contributed by atoms with Gasteiger partial charge in [-0.25, -0.2) is 13.2 Å². The molecule has 1 saturated heterocycles. The molecule has 0 radical (unpaired) electrons. The predicted octanol–water partition coefficient (Wildman–Crippen LogP) is 3.67. The van der Waals surface area contributed by atoms with Crippen molar-refractivity contribution in [2.45, 2.75) is 37.6 Å². The monoisotopic (exact) mass is 455 g/mol. The van der Waals surface area contributed by atoms with E-state index in [1.807, 2.05) is 0 Å². The molecule has 2 aliphatic rings. The molecule has 1 aromatic heterocycles. The second-order valence-corrected chi connectivity index (χ2v) is 8.61. The van der Waals surface area contributed by atoms with Gasteiger partial charge in [0.15, 0.2) is 0 Å². The molecular weight excluding hydrogens is 435 g/mol. The Hall–Kier alpha value is -3.62. The van der Waals surface area contributed by atoms with Crippen molar-refractivity contribution >= 4 is 28.6 Å². The van der Waals surface area contributed by atoms with Crippen LogP contribution in [0.15, 0.2) is 36.4 Å². The van der Waals surface area contributed by atoms with Crippen LogP contribution in [0.25, 0.3) is 22.2 Å². The van der Waals surface area contributed by atoms with E-state index in [-0.39, 0.29) is 42.0 Å². The normalized spacial score (nSPS) is 22.7. The molecule has 2 heterocycles. The van der Waals surface area contributed by atoms with E-state index >= 15 is 0 Å². The van der Waals surface area contributed by atoms with Crippen LogP contribution < -0.4 is 10.6 Å². The number of nitrogens with one attached hydrogen (secondary N) is 3. The number of amides is 3. The first kappa shape index (κ1) is 21.2. The topological polar surface area (TPSA) is 91.1 Å². The summed E-state index contributed by atoms with van der Waals surface area (Å²) in [6.45, 7) is 0. The second-order valence-electron chi connectivity index (χ2n) is 8.61. The molecule has 0 bridgehead atoms. The summed E-state index contributed by atoms with van der Waals surface area (Å²) in [6, 6.07) is 7.01. The molecule has 0 spiro atoms. The van der Waals surface area contributed by atoms with E-state index in [1.54, 1.807) is 12.1 Å². The number of rotatable bonds is 4. The first-order chi connectivity index (χ1) is 15.8. The average molecular weight is 455 g/mol. The second kappa shape index (κ2) is 8.06. The van der Waals surface area contributed by atoms with Crippen LogP contribution in [0.4, 0.5) is 13.2 Å². The Kier molecular flexibility index (Phi) is 5.19. The molecule has 33 heavy (non-hydrogen) atoms. The Bertz CT molecular complexity index is 1280. The Morgan fingerprint density at radius 1 is 1.00 bits per heavy atom. The third-order valence-electron chi connectivity index (χ3n) is 6.47. The number of piperidine rings is 1. The zero-order valence-corrected chi connectivity index (χ0v) is 17.4. The van der Waals surface area contributed by atoms with E-state index < -0.39 is 29.4 Å². The summed E-state index contributed by atoms with van der Waals surface area (Å²) in [7, 11) is 0. The van der Waals surface area contributed by atoms with Gasteiger partial charge in [0.05, 0.1) is 11.2 Å². The Morgan fingerprint density at radius 2 is 1.73 bits per heavy atom. The quantitative estimate of drug-likeness (QED) is 0.525. The number of carbonyl (C=O) groups is 3. The summed E-state index contributed by atoms with van der Waals surface area (Å²) < 4.78 is 41.9. The number of imide groups is 1. The first-order valence-electron chi connectivity index (χ1n) is 10.7. The Labute approximate surface area is 186 Å². The molecule has 3 amide bonds. The molecule has 2 aromatic carbocycles. The number of fused-ring (bicyclic) bond motifs is 1. The van der Waals surface area contributed by atoms with E-state index in [9.17, 15) is 27.6 Å². The van der Waals surface area contributed by atoms with Gasteiger partial charge in [-0.3, -0.25) is 19.7 Å². The van der Waals surface area contributed by atoms with Crippen molar-refractivity contribution in [2.75, 3.05) is 0 Å². The van der Waals surface area contributed by atoms with Gasteiger partial charge in [-0.1, -0.05) is 0 Å². The number of carbonyl (C=O) groups excluding carboxylic acids is 3. The molecule has 1 aliphatic heterocycles. The highest BCUT2D eigenvalue weighted by Crippen LogP contribution is 2.48.